The number of rotatable bonds is 7. The molecule has 0 radical (unpaired) electrons. The minimum Gasteiger partial charge on any atom is -0.481 e. The fraction of sp³-hybridized carbons (Fsp3) is 0.750. The van der Waals surface area contributed by atoms with E-state index in [9.17, 15) is 14.7 Å². The highest BCUT2D eigenvalue weighted by atomic mass is 16.4. The average molecular weight is 296 g/mol. The van der Waals surface area contributed by atoms with Crippen LogP contribution in [-0.2, 0) is 9.59 Å². The summed E-state index contributed by atoms with van der Waals surface area (Å²) in [6.45, 7) is 4.88. The lowest BCUT2D eigenvalue weighted by molar-refractivity contribution is -0.147. The Bertz CT molecular complexity index is 391. The average Bonchev–Trinajstić information content (AvgIpc) is 2.42. The van der Waals surface area contributed by atoms with Crippen molar-refractivity contribution in [2.75, 3.05) is 20.6 Å². The summed E-state index contributed by atoms with van der Waals surface area (Å²) in [5.74, 6) is -1.51. The monoisotopic (exact) mass is 296 g/mol. The molecule has 2 N–H and O–H groups in total. The Morgan fingerprint density at radius 3 is 2.29 bits per heavy atom. The molecule has 1 rings (SSSR count). The third kappa shape index (κ3) is 5.50. The molecule has 1 unspecified atom stereocenters. The van der Waals surface area contributed by atoms with Crippen molar-refractivity contribution in [3.05, 3.63) is 12.2 Å². The molecule has 1 amide bonds. The third-order valence-corrected chi connectivity index (χ3v) is 4.07. The standard InChI is InChI=1S/C16H28N2O3/c1-11(2)9-12(18(3)4)10-17-15(19)13-7-5-6-8-14(13)16(20)21/h5-6,11-14H,7-10H2,1-4H3,(H,17,19)(H,20,21)/t12?,13-,14+/m1/s1. The van der Waals surface area contributed by atoms with E-state index in [-0.39, 0.29) is 11.9 Å². The van der Waals surface area contributed by atoms with E-state index in [1.165, 1.54) is 0 Å². The smallest absolute Gasteiger partial charge is 0.307 e. The van der Waals surface area contributed by atoms with Crippen molar-refractivity contribution in [1.29, 1.82) is 0 Å². The van der Waals surface area contributed by atoms with Crippen LogP contribution in [0.4, 0.5) is 0 Å². The highest BCUT2D eigenvalue weighted by Gasteiger charge is 2.34. The van der Waals surface area contributed by atoms with E-state index < -0.39 is 17.8 Å². The number of allylic oxidation sites excluding steroid dienone is 2. The predicted molar refractivity (Wildman–Crippen MR) is 82.9 cm³/mol. The van der Waals surface area contributed by atoms with Crippen LogP contribution < -0.4 is 5.32 Å². The summed E-state index contributed by atoms with van der Waals surface area (Å²) in [6.07, 6.45) is 5.71. The summed E-state index contributed by atoms with van der Waals surface area (Å²) in [5, 5.41) is 12.2. The summed E-state index contributed by atoms with van der Waals surface area (Å²) in [7, 11) is 4.01. The summed E-state index contributed by atoms with van der Waals surface area (Å²) in [4.78, 5) is 25.6. The zero-order valence-electron chi connectivity index (χ0n) is 13.5. The number of carbonyl (C=O) groups excluding carboxylic acids is 1. The van der Waals surface area contributed by atoms with E-state index in [0.717, 1.165) is 6.42 Å². The van der Waals surface area contributed by atoms with Crippen LogP contribution in [0.2, 0.25) is 0 Å². The van der Waals surface area contributed by atoms with Gasteiger partial charge in [-0.1, -0.05) is 26.0 Å². The van der Waals surface area contributed by atoms with Gasteiger partial charge in [0.15, 0.2) is 0 Å². The largest absolute Gasteiger partial charge is 0.481 e. The van der Waals surface area contributed by atoms with Gasteiger partial charge in [0.1, 0.15) is 0 Å². The Kier molecular flexibility index (Phi) is 6.89. The molecule has 0 saturated heterocycles. The molecule has 0 aliphatic heterocycles. The summed E-state index contributed by atoms with van der Waals surface area (Å²) >= 11 is 0. The molecule has 5 heteroatoms. The number of carboxylic acid groups (broad SMARTS) is 1. The zero-order chi connectivity index (χ0) is 16.0. The number of hydrogen-bond donors (Lipinski definition) is 2. The first-order valence-corrected chi connectivity index (χ1v) is 7.64. The maximum Gasteiger partial charge on any atom is 0.307 e. The maximum atomic E-state index is 12.3. The lowest BCUT2D eigenvalue weighted by Crippen LogP contribution is -2.45. The normalized spacial score (nSPS) is 23.3. The van der Waals surface area contributed by atoms with Gasteiger partial charge >= 0.3 is 5.97 Å². The van der Waals surface area contributed by atoms with Crippen molar-refractivity contribution in [1.82, 2.24) is 10.2 Å². The van der Waals surface area contributed by atoms with Crippen molar-refractivity contribution in [2.45, 2.75) is 39.2 Å². The van der Waals surface area contributed by atoms with Gasteiger partial charge in [0.25, 0.3) is 0 Å². The summed E-state index contributed by atoms with van der Waals surface area (Å²) < 4.78 is 0. The van der Waals surface area contributed by atoms with E-state index in [1.807, 2.05) is 26.2 Å². The molecule has 0 aromatic rings. The highest BCUT2D eigenvalue weighted by Crippen LogP contribution is 2.26. The Morgan fingerprint density at radius 1 is 1.24 bits per heavy atom. The second-order valence-corrected chi connectivity index (χ2v) is 6.49. The van der Waals surface area contributed by atoms with E-state index in [0.29, 0.717) is 25.3 Å². The first-order chi connectivity index (χ1) is 9.82. The first kappa shape index (κ1) is 17.7. The second kappa shape index (κ2) is 8.17. The number of nitrogens with zero attached hydrogens (tertiary/aromatic N) is 1. The molecule has 0 aromatic carbocycles. The first-order valence-electron chi connectivity index (χ1n) is 7.64. The molecule has 0 heterocycles. The number of carboxylic acids is 1. The van der Waals surface area contributed by atoms with Crippen LogP contribution in [0.15, 0.2) is 12.2 Å². The molecule has 1 aliphatic rings. The van der Waals surface area contributed by atoms with E-state index in [1.54, 1.807) is 0 Å². The fourth-order valence-corrected chi connectivity index (χ4v) is 2.75. The van der Waals surface area contributed by atoms with Crippen molar-refractivity contribution < 1.29 is 14.7 Å². The number of carbonyl (C=O) groups is 2. The number of aliphatic carboxylic acids is 1. The van der Waals surface area contributed by atoms with Crippen molar-refractivity contribution in [2.24, 2.45) is 17.8 Å². The van der Waals surface area contributed by atoms with Gasteiger partial charge < -0.3 is 15.3 Å². The van der Waals surface area contributed by atoms with Crippen LogP contribution in [0, 0.1) is 17.8 Å². The Hall–Kier alpha value is -1.36. The van der Waals surface area contributed by atoms with Gasteiger partial charge in [0.05, 0.1) is 11.8 Å². The molecule has 21 heavy (non-hydrogen) atoms. The quantitative estimate of drug-likeness (QED) is 0.702. The van der Waals surface area contributed by atoms with Crippen LogP contribution in [0.25, 0.3) is 0 Å². The molecule has 3 atom stereocenters. The predicted octanol–water partition coefficient (Wildman–Crippen LogP) is 1.75. The van der Waals surface area contributed by atoms with Crippen LogP contribution >= 0.6 is 0 Å². The molecule has 0 spiro atoms. The van der Waals surface area contributed by atoms with Crippen LogP contribution in [0.1, 0.15) is 33.1 Å². The minimum atomic E-state index is -0.883. The number of hydrogen-bond acceptors (Lipinski definition) is 3. The Morgan fingerprint density at radius 2 is 1.81 bits per heavy atom. The van der Waals surface area contributed by atoms with Gasteiger partial charge in [-0.05, 0) is 39.3 Å². The topological polar surface area (TPSA) is 69.6 Å². The lowest BCUT2D eigenvalue weighted by atomic mass is 9.82. The number of nitrogens with one attached hydrogen (secondary N) is 1. The number of amides is 1. The molecule has 0 aromatic heterocycles. The van der Waals surface area contributed by atoms with Gasteiger partial charge in [-0.3, -0.25) is 9.59 Å². The molecular weight excluding hydrogens is 268 g/mol. The van der Waals surface area contributed by atoms with E-state index in [4.69, 9.17) is 0 Å². The highest BCUT2D eigenvalue weighted by molar-refractivity contribution is 5.85. The second-order valence-electron chi connectivity index (χ2n) is 6.49. The van der Waals surface area contributed by atoms with Gasteiger partial charge in [-0.25, -0.2) is 0 Å². The summed E-state index contributed by atoms with van der Waals surface area (Å²) in [6, 6.07) is 0.274. The molecular formula is C16H28N2O3. The van der Waals surface area contributed by atoms with Gasteiger partial charge in [-0.15, -0.1) is 0 Å². The van der Waals surface area contributed by atoms with Crippen LogP contribution in [0.5, 0.6) is 0 Å². The van der Waals surface area contributed by atoms with Gasteiger partial charge in [0.2, 0.25) is 5.91 Å². The van der Waals surface area contributed by atoms with E-state index in [2.05, 4.69) is 24.1 Å². The van der Waals surface area contributed by atoms with Crippen LogP contribution in [-0.4, -0.2) is 48.6 Å². The maximum absolute atomic E-state index is 12.3. The molecule has 0 fully saturated rings. The molecule has 5 nitrogen and oxygen atoms in total. The lowest BCUT2D eigenvalue weighted by Gasteiger charge is -2.29. The molecule has 0 saturated carbocycles. The van der Waals surface area contributed by atoms with Gasteiger partial charge in [-0.2, -0.15) is 0 Å². The van der Waals surface area contributed by atoms with Crippen molar-refractivity contribution >= 4 is 11.9 Å². The molecule has 0 bridgehead atoms. The molecule has 1 aliphatic carbocycles. The number of likely N-dealkylation sites (N-methyl/N-ethyl adjacent to an activating group) is 1. The van der Waals surface area contributed by atoms with Crippen molar-refractivity contribution in [3.8, 4) is 0 Å². The SMILES string of the molecule is CC(C)CC(CNC(=O)[C@@H]1CC=CC[C@@H]1C(=O)O)N(C)C. The van der Waals surface area contributed by atoms with E-state index >= 15 is 0 Å². The van der Waals surface area contributed by atoms with Gasteiger partial charge in [0, 0.05) is 12.6 Å². The van der Waals surface area contributed by atoms with Crippen LogP contribution in [0.3, 0.4) is 0 Å². The molecule has 120 valence electrons. The zero-order valence-corrected chi connectivity index (χ0v) is 13.5. The summed E-state index contributed by atoms with van der Waals surface area (Å²) in [5.41, 5.74) is 0. The Labute approximate surface area is 127 Å². The van der Waals surface area contributed by atoms with Crippen molar-refractivity contribution in [3.63, 3.8) is 0 Å². The third-order valence-electron chi connectivity index (χ3n) is 4.07. The minimum absolute atomic E-state index is 0.137. The Balaban J connectivity index is 2.58. The fourth-order valence-electron chi connectivity index (χ4n) is 2.75.